The van der Waals surface area contributed by atoms with E-state index in [-0.39, 0.29) is 11.3 Å². The lowest BCUT2D eigenvalue weighted by atomic mass is 10.4. The Hall–Kier alpha value is -2.66. The zero-order valence-corrected chi connectivity index (χ0v) is 18.9. The summed E-state index contributed by atoms with van der Waals surface area (Å²) in [5.41, 5.74) is -0.271. The van der Waals surface area contributed by atoms with Crippen LogP contribution in [-0.2, 0) is 9.13 Å². The van der Waals surface area contributed by atoms with E-state index < -0.39 is 14.3 Å². The minimum absolute atomic E-state index is 0.136. The Kier molecular flexibility index (Phi) is 5.30. The third-order valence-electron chi connectivity index (χ3n) is 6.22. The van der Waals surface area contributed by atoms with Gasteiger partial charge in [-0.2, -0.15) is 0 Å². The molecule has 0 aromatic heterocycles. The highest BCUT2D eigenvalue weighted by atomic mass is 31.2. The highest BCUT2D eigenvalue weighted by molar-refractivity contribution is 7.84. The normalized spacial score (nSPS) is 18.5. The topological polar surface area (TPSA) is 34.1 Å². The molecule has 1 fully saturated rings. The van der Waals surface area contributed by atoms with Crippen LogP contribution in [0.1, 0.15) is 6.42 Å². The number of benzene rings is 4. The molecule has 2 unspecified atom stereocenters. The van der Waals surface area contributed by atoms with Gasteiger partial charge in [-0.05, 0) is 6.42 Å². The van der Waals surface area contributed by atoms with E-state index in [2.05, 4.69) is 0 Å². The molecule has 2 atom stereocenters. The second-order valence-electron chi connectivity index (χ2n) is 8.03. The minimum atomic E-state index is -2.95. The van der Waals surface area contributed by atoms with E-state index in [1.165, 1.54) is 0 Å². The molecule has 0 N–H and O–H groups in total. The van der Waals surface area contributed by atoms with Crippen LogP contribution in [0.3, 0.4) is 0 Å². The summed E-state index contributed by atoms with van der Waals surface area (Å²) in [7, 11) is -5.90. The fourth-order valence-corrected chi connectivity index (χ4v) is 12.5. The SMILES string of the molecule is O=P(c1ccccc1)(c1ccccc1)C1CC1P(=O)(c1ccccc1)c1ccccc1. The maximum Gasteiger partial charge on any atom is 0.146 e. The van der Waals surface area contributed by atoms with E-state index >= 15 is 0 Å². The molecular weight excluding hydrogens is 418 g/mol. The summed E-state index contributed by atoms with van der Waals surface area (Å²) < 4.78 is 29.6. The fourth-order valence-electron chi connectivity index (χ4n) is 4.61. The largest absolute Gasteiger partial charge is 0.313 e. The summed E-state index contributed by atoms with van der Waals surface area (Å²) >= 11 is 0. The predicted molar refractivity (Wildman–Crippen MR) is 132 cm³/mol. The van der Waals surface area contributed by atoms with Gasteiger partial charge < -0.3 is 9.13 Å². The van der Waals surface area contributed by atoms with Crippen molar-refractivity contribution in [1.29, 1.82) is 0 Å². The number of rotatable bonds is 6. The van der Waals surface area contributed by atoms with Gasteiger partial charge in [0.05, 0.1) is 0 Å². The maximum atomic E-state index is 14.8. The lowest BCUT2D eigenvalue weighted by molar-refractivity contribution is 0.581. The van der Waals surface area contributed by atoms with Crippen LogP contribution < -0.4 is 21.2 Å². The van der Waals surface area contributed by atoms with Gasteiger partial charge in [0.25, 0.3) is 0 Å². The summed E-state index contributed by atoms with van der Waals surface area (Å²) in [5, 5.41) is 3.39. The van der Waals surface area contributed by atoms with Crippen LogP contribution in [0.2, 0.25) is 0 Å². The second-order valence-corrected chi connectivity index (χ2v) is 14.1. The van der Waals surface area contributed by atoms with Gasteiger partial charge in [0, 0.05) is 32.5 Å². The molecule has 1 aliphatic rings. The lowest BCUT2D eigenvalue weighted by Crippen LogP contribution is -2.24. The van der Waals surface area contributed by atoms with E-state index in [9.17, 15) is 9.13 Å². The van der Waals surface area contributed by atoms with Crippen molar-refractivity contribution in [2.75, 3.05) is 0 Å². The average molecular weight is 442 g/mol. The van der Waals surface area contributed by atoms with Crippen molar-refractivity contribution >= 4 is 35.5 Å². The Balaban J connectivity index is 1.65. The summed E-state index contributed by atoms with van der Waals surface area (Å²) in [5.74, 6) is 0. The van der Waals surface area contributed by atoms with Gasteiger partial charge in [-0.25, -0.2) is 0 Å². The molecule has 5 rings (SSSR count). The molecule has 0 amide bonds. The van der Waals surface area contributed by atoms with Crippen LogP contribution in [0, 0.1) is 0 Å². The van der Waals surface area contributed by atoms with Gasteiger partial charge >= 0.3 is 0 Å². The molecular formula is C27H24O2P2. The Morgan fingerprint density at radius 2 is 0.645 bits per heavy atom. The summed E-state index contributed by atoms with van der Waals surface area (Å²) in [6, 6.07) is 39.0. The second kappa shape index (κ2) is 8.12. The molecule has 0 saturated heterocycles. The highest BCUT2D eigenvalue weighted by Gasteiger charge is 2.60. The van der Waals surface area contributed by atoms with Crippen LogP contribution >= 0.6 is 14.3 Å². The molecule has 0 radical (unpaired) electrons. The van der Waals surface area contributed by atoms with E-state index in [0.29, 0.717) is 6.42 Å². The minimum Gasteiger partial charge on any atom is -0.313 e. The Labute approximate surface area is 183 Å². The van der Waals surface area contributed by atoms with Crippen molar-refractivity contribution in [2.45, 2.75) is 17.7 Å². The molecule has 4 aromatic carbocycles. The fraction of sp³-hybridized carbons (Fsp3) is 0.111. The first-order valence-corrected chi connectivity index (χ1v) is 14.1. The molecule has 31 heavy (non-hydrogen) atoms. The molecule has 1 aliphatic carbocycles. The van der Waals surface area contributed by atoms with Gasteiger partial charge in [0.1, 0.15) is 14.3 Å². The molecule has 154 valence electrons. The van der Waals surface area contributed by atoms with Gasteiger partial charge in [0.15, 0.2) is 0 Å². The van der Waals surface area contributed by atoms with Crippen LogP contribution in [0.5, 0.6) is 0 Å². The number of hydrogen-bond acceptors (Lipinski definition) is 2. The van der Waals surface area contributed by atoms with E-state index in [0.717, 1.165) is 21.2 Å². The third kappa shape index (κ3) is 3.45. The van der Waals surface area contributed by atoms with E-state index in [1.807, 2.05) is 121 Å². The van der Waals surface area contributed by atoms with Gasteiger partial charge in [-0.15, -0.1) is 0 Å². The predicted octanol–water partition coefficient (Wildman–Crippen LogP) is 5.16. The quantitative estimate of drug-likeness (QED) is 0.387. The summed E-state index contributed by atoms with van der Waals surface area (Å²) in [6.45, 7) is 0. The zero-order chi connectivity index (χ0) is 21.3. The molecule has 0 spiro atoms. The molecule has 0 bridgehead atoms. The van der Waals surface area contributed by atoms with Crippen LogP contribution in [0.4, 0.5) is 0 Å². The maximum absolute atomic E-state index is 14.8. The van der Waals surface area contributed by atoms with Crippen molar-refractivity contribution in [2.24, 2.45) is 0 Å². The Morgan fingerprint density at radius 3 is 0.871 bits per heavy atom. The van der Waals surface area contributed by atoms with Crippen molar-refractivity contribution in [3.63, 3.8) is 0 Å². The van der Waals surface area contributed by atoms with Crippen molar-refractivity contribution in [3.8, 4) is 0 Å². The first kappa shape index (κ1) is 20.3. The number of hydrogen-bond donors (Lipinski definition) is 0. The van der Waals surface area contributed by atoms with Crippen LogP contribution in [0.25, 0.3) is 0 Å². The van der Waals surface area contributed by atoms with Crippen molar-refractivity contribution in [1.82, 2.24) is 0 Å². The van der Waals surface area contributed by atoms with E-state index in [4.69, 9.17) is 0 Å². The first-order valence-electron chi connectivity index (χ1n) is 10.6. The van der Waals surface area contributed by atoms with Gasteiger partial charge in [-0.1, -0.05) is 121 Å². The third-order valence-corrected chi connectivity index (χ3v) is 13.7. The Morgan fingerprint density at radius 1 is 0.419 bits per heavy atom. The first-order chi connectivity index (χ1) is 15.1. The Bertz CT molecular complexity index is 1070. The van der Waals surface area contributed by atoms with Gasteiger partial charge in [-0.3, -0.25) is 0 Å². The monoisotopic (exact) mass is 442 g/mol. The lowest BCUT2D eigenvalue weighted by Gasteiger charge is -2.24. The van der Waals surface area contributed by atoms with Crippen LogP contribution in [-0.4, -0.2) is 11.3 Å². The van der Waals surface area contributed by atoms with Crippen molar-refractivity contribution in [3.05, 3.63) is 121 Å². The highest BCUT2D eigenvalue weighted by Crippen LogP contribution is 2.70. The molecule has 1 saturated carbocycles. The van der Waals surface area contributed by atoms with Gasteiger partial charge in [0.2, 0.25) is 0 Å². The van der Waals surface area contributed by atoms with Crippen molar-refractivity contribution < 1.29 is 9.13 Å². The van der Waals surface area contributed by atoms with E-state index in [1.54, 1.807) is 0 Å². The zero-order valence-electron chi connectivity index (χ0n) is 17.1. The molecule has 4 aromatic rings. The molecule has 4 heteroatoms. The molecule has 2 nitrogen and oxygen atoms in total. The summed E-state index contributed by atoms with van der Waals surface area (Å²) in [4.78, 5) is 0. The molecule has 0 heterocycles. The standard InChI is InChI=1S/C27H24O2P2/c28-30(22-13-5-1-6-14-22,23-15-7-2-8-16-23)26-21-27(26)31(29,24-17-9-3-10-18-24)25-19-11-4-12-20-25/h1-20,26-27H,21H2. The molecule has 0 aliphatic heterocycles. The summed E-state index contributed by atoms with van der Waals surface area (Å²) in [6.07, 6.45) is 0.697. The van der Waals surface area contributed by atoms with Crippen LogP contribution in [0.15, 0.2) is 121 Å². The average Bonchev–Trinajstić information content (AvgIpc) is 3.67. The smallest absolute Gasteiger partial charge is 0.146 e.